The van der Waals surface area contributed by atoms with E-state index in [4.69, 9.17) is 9.88 Å². The molecule has 1 aromatic carbocycles. The van der Waals surface area contributed by atoms with Gasteiger partial charge in [-0.25, -0.2) is 13.6 Å². The van der Waals surface area contributed by atoms with Gasteiger partial charge in [-0.15, -0.1) is 0 Å². The summed E-state index contributed by atoms with van der Waals surface area (Å²) in [5.74, 6) is -1.15. The van der Waals surface area contributed by atoms with Crippen molar-refractivity contribution in [2.45, 2.75) is 18.0 Å². The van der Waals surface area contributed by atoms with E-state index in [1.54, 1.807) is 12.2 Å². The van der Waals surface area contributed by atoms with Gasteiger partial charge in [-0.05, 0) is 25.1 Å². The second-order valence-corrected chi connectivity index (χ2v) is 5.50. The summed E-state index contributed by atoms with van der Waals surface area (Å²) in [6, 6.07) is 3.12. The van der Waals surface area contributed by atoms with Crippen LogP contribution in [0.5, 0.6) is 5.75 Å². The summed E-state index contributed by atoms with van der Waals surface area (Å²) >= 11 is 0. The minimum absolute atomic E-state index is 0.0374. The van der Waals surface area contributed by atoms with Crippen LogP contribution < -0.4 is 15.2 Å². The van der Waals surface area contributed by atoms with Crippen molar-refractivity contribution in [1.82, 2.24) is 5.32 Å². The van der Waals surface area contributed by atoms with E-state index in [1.807, 2.05) is 0 Å². The van der Waals surface area contributed by atoms with Gasteiger partial charge in [-0.1, -0.05) is 0 Å². The highest BCUT2D eigenvalue weighted by Crippen LogP contribution is 2.23. The largest absolute Gasteiger partial charge is 0.493 e. The molecule has 1 amide bonds. The molecule has 3 N–H and O–H groups in total. The number of nitrogens with two attached hydrogens (primary N) is 1. The Bertz CT molecular complexity index is 629. The SMILES string of the molecule is CCOc1ccc(S(N)(=O)=O)cc1C(=O)NCC(F)(F)F. The minimum atomic E-state index is -4.58. The molecule has 0 saturated heterocycles. The summed E-state index contributed by atoms with van der Waals surface area (Å²) in [5.41, 5.74) is -0.340. The zero-order valence-electron chi connectivity index (χ0n) is 10.9. The molecule has 118 valence electrons. The predicted molar refractivity (Wildman–Crippen MR) is 67.4 cm³/mol. The fourth-order valence-electron chi connectivity index (χ4n) is 1.42. The maximum Gasteiger partial charge on any atom is 0.405 e. The number of nitrogens with one attached hydrogen (secondary N) is 1. The van der Waals surface area contributed by atoms with Crippen LogP contribution in [0.4, 0.5) is 13.2 Å². The first-order valence-electron chi connectivity index (χ1n) is 5.69. The van der Waals surface area contributed by atoms with Crippen molar-refractivity contribution in [2.24, 2.45) is 5.14 Å². The zero-order chi connectivity index (χ0) is 16.3. The summed E-state index contributed by atoms with van der Waals surface area (Å²) in [7, 11) is -4.09. The quantitative estimate of drug-likeness (QED) is 0.844. The molecule has 21 heavy (non-hydrogen) atoms. The Labute approximate surface area is 119 Å². The van der Waals surface area contributed by atoms with E-state index in [2.05, 4.69) is 0 Å². The van der Waals surface area contributed by atoms with Crippen LogP contribution in [-0.2, 0) is 10.0 Å². The van der Waals surface area contributed by atoms with Crippen molar-refractivity contribution in [3.63, 3.8) is 0 Å². The third kappa shape index (κ3) is 5.23. The average molecular weight is 326 g/mol. The van der Waals surface area contributed by atoms with Crippen molar-refractivity contribution < 1.29 is 31.1 Å². The number of benzene rings is 1. The molecule has 1 rings (SSSR count). The summed E-state index contributed by atoms with van der Waals surface area (Å²) in [5, 5.41) is 6.55. The van der Waals surface area contributed by atoms with Gasteiger partial charge in [0, 0.05) is 0 Å². The lowest BCUT2D eigenvalue weighted by Gasteiger charge is -2.13. The molecular weight excluding hydrogens is 313 g/mol. The van der Waals surface area contributed by atoms with Gasteiger partial charge in [-0.2, -0.15) is 13.2 Å². The van der Waals surface area contributed by atoms with Crippen molar-refractivity contribution in [3.05, 3.63) is 23.8 Å². The molecule has 0 saturated carbocycles. The van der Waals surface area contributed by atoms with Crippen molar-refractivity contribution >= 4 is 15.9 Å². The number of primary sulfonamides is 1. The zero-order valence-corrected chi connectivity index (χ0v) is 11.7. The van der Waals surface area contributed by atoms with E-state index in [9.17, 15) is 26.4 Å². The third-order valence-corrected chi connectivity index (χ3v) is 3.18. The van der Waals surface area contributed by atoms with Gasteiger partial charge in [0.25, 0.3) is 5.91 Å². The smallest absolute Gasteiger partial charge is 0.405 e. The number of carbonyl (C=O) groups is 1. The van der Waals surface area contributed by atoms with Crippen LogP contribution in [0.1, 0.15) is 17.3 Å². The first kappa shape index (κ1) is 17.2. The lowest BCUT2D eigenvalue weighted by Crippen LogP contribution is -2.34. The van der Waals surface area contributed by atoms with Crippen LogP contribution in [0.15, 0.2) is 23.1 Å². The maximum atomic E-state index is 12.1. The number of sulfonamides is 1. The number of hydrogen-bond donors (Lipinski definition) is 2. The summed E-state index contributed by atoms with van der Waals surface area (Å²) < 4.78 is 63.8. The molecule has 0 aliphatic carbocycles. The molecule has 0 fully saturated rings. The number of rotatable bonds is 5. The fourth-order valence-corrected chi connectivity index (χ4v) is 1.96. The molecule has 1 aromatic rings. The van der Waals surface area contributed by atoms with Crippen LogP contribution in [0.25, 0.3) is 0 Å². The van der Waals surface area contributed by atoms with E-state index < -0.39 is 33.5 Å². The highest BCUT2D eigenvalue weighted by molar-refractivity contribution is 7.89. The van der Waals surface area contributed by atoms with Gasteiger partial charge in [0.1, 0.15) is 12.3 Å². The molecule has 0 spiro atoms. The molecule has 0 atom stereocenters. The second-order valence-electron chi connectivity index (χ2n) is 3.93. The van der Waals surface area contributed by atoms with Crippen molar-refractivity contribution in [3.8, 4) is 5.75 Å². The van der Waals surface area contributed by atoms with Gasteiger partial charge in [-0.3, -0.25) is 4.79 Å². The normalized spacial score (nSPS) is 12.0. The first-order chi connectivity index (χ1) is 9.54. The van der Waals surface area contributed by atoms with E-state index in [0.717, 1.165) is 18.2 Å². The lowest BCUT2D eigenvalue weighted by molar-refractivity contribution is -0.123. The maximum absolute atomic E-state index is 12.1. The second kappa shape index (κ2) is 6.31. The fraction of sp³-hybridized carbons (Fsp3) is 0.364. The van der Waals surface area contributed by atoms with E-state index in [1.165, 1.54) is 0 Å². The predicted octanol–water partition coefficient (Wildman–Crippen LogP) is 1.02. The number of amides is 1. The van der Waals surface area contributed by atoms with Crippen LogP contribution >= 0.6 is 0 Å². The first-order valence-corrected chi connectivity index (χ1v) is 7.24. The van der Waals surface area contributed by atoms with E-state index in [-0.39, 0.29) is 17.9 Å². The summed E-state index contributed by atoms with van der Waals surface area (Å²) in [4.78, 5) is 11.3. The molecule has 10 heteroatoms. The number of ether oxygens (including phenoxy) is 1. The molecule has 0 bridgehead atoms. The molecule has 0 aliphatic rings. The Morgan fingerprint density at radius 3 is 2.48 bits per heavy atom. The Balaban J connectivity index is 3.14. The van der Waals surface area contributed by atoms with Crippen molar-refractivity contribution in [1.29, 1.82) is 0 Å². The Kier molecular flexibility index (Phi) is 5.18. The minimum Gasteiger partial charge on any atom is -0.493 e. The van der Waals surface area contributed by atoms with E-state index >= 15 is 0 Å². The van der Waals surface area contributed by atoms with Crippen LogP contribution in [0, 0.1) is 0 Å². The third-order valence-electron chi connectivity index (χ3n) is 2.27. The standard InChI is InChI=1S/C11H13F3N2O4S/c1-2-20-9-4-3-7(21(15,18)19)5-8(9)10(17)16-6-11(12,13)14/h3-5H,2,6H2,1H3,(H,16,17)(H2,15,18,19). The molecule has 0 aromatic heterocycles. The summed E-state index contributed by atoms with van der Waals surface area (Å²) in [6.07, 6.45) is -4.58. The number of hydrogen-bond acceptors (Lipinski definition) is 4. The van der Waals surface area contributed by atoms with E-state index in [0.29, 0.717) is 0 Å². The Morgan fingerprint density at radius 2 is 2.00 bits per heavy atom. The van der Waals surface area contributed by atoms with Gasteiger partial charge in [0.2, 0.25) is 10.0 Å². The number of carbonyl (C=O) groups excluding carboxylic acids is 1. The molecular formula is C11H13F3N2O4S. The monoisotopic (exact) mass is 326 g/mol. The molecule has 0 unspecified atom stereocenters. The van der Waals surface area contributed by atoms with Gasteiger partial charge in [0.15, 0.2) is 0 Å². The number of alkyl halides is 3. The van der Waals surface area contributed by atoms with Gasteiger partial charge >= 0.3 is 6.18 Å². The number of halogens is 3. The highest BCUT2D eigenvalue weighted by atomic mass is 32.2. The Hall–Kier alpha value is -1.81. The Morgan fingerprint density at radius 1 is 1.38 bits per heavy atom. The molecule has 0 aliphatic heterocycles. The average Bonchev–Trinajstić information content (AvgIpc) is 2.34. The molecule has 6 nitrogen and oxygen atoms in total. The van der Waals surface area contributed by atoms with Crippen LogP contribution in [0.3, 0.4) is 0 Å². The molecule has 0 radical (unpaired) electrons. The van der Waals surface area contributed by atoms with Gasteiger partial charge < -0.3 is 10.1 Å². The van der Waals surface area contributed by atoms with Gasteiger partial charge in [0.05, 0.1) is 17.1 Å². The topological polar surface area (TPSA) is 98.5 Å². The van der Waals surface area contributed by atoms with Crippen LogP contribution in [0.2, 0.25) is 0 Å². The lowest BCUT2D eigenvalue weighted by atomic mass is 10.2. The molecule has 0 heterocycles. The summed E-state index contributed by atoms with van der Waals surface area (Å²) in [6.45, 7) is 0.205. The van der Waals surface area contributed by atoms with Crippen LogP contribution in [-0.4, -0.2) is 33.7 Å². The van der Waals surface area contributed by atoms with Crippen molar-refractivity contribution in [2.75, 3.05) is 13.2 Å². The highest BCUT2D eigenvalue weighted by Gasteiger charge is 2.28.